The van der Waals surface area contributed by atoms with Crippen LogP contribution in [-0.4, -0.2) is 27.9 Å². The van der Waals surface area contributed by atoms with Gasteiger partial charge in [0.2, 0.25) is 5.75 Å². The molecule has 0 aromatic heterocycles. The van der Waals surface area contributed by atoms with Crippen molar-refractivity contribution in [2.24, 2.45) is 11.7 Å². The SMILES string of the molecule is COc1cc(CCC(C)CN)cc(OC)c1OC. The van der Waals surface area contributed by atoms with E-state index < -0.39 is 0 Å². The normalized spacial score (nSPS) is 12.1. The van der Waals surface area contributed by atoms with Crippen LogP contribution in [0, 0.1) is 5.92 Å². The monoisotopic (exact) mass is 253 g/mol. The molecule has 1 atom stereocenters. The largest absolute Gasteiger partial charge is 0.493 e. The van der Waals surface area contributed by atoms with Gasteiger partial charge in [0, 0.05) is 0 Å². The molecule has 0 saturated heterocycles. The molecule has 18 heavy (non-hydrogen) atoms. The second-order valence-corrected chi connectivity index (χ2v) is 4.41. The van der Waals surface area contributed by atoms with E-state index >= 15 is 0 Å². The maximum absolute atomic E-state index is 5.62. The molecular formula is C14H23NO3. The quantitative estimate of drug-likeness (QED) is 0.809. The third kappa shape index (κ3) is 3.53. The molecule has 0 radical (unpaired) electrons. The maximum Gasteiger partial charge on any atom is 0.203 e. The molecule has 0 amide bonds. The number of hydrogen-bond donors (Lipinski definition) is 1. The van der Waals surface area contributed by atoms with Crippen molar-refractivity contribution in [2.45, 2.75) is 19.8 Å². The summed E-state index contributed by atoms with van der Waals surface area (Å²) in [6.07, 6.45) is 2.00. The van der Waals surface area contributed by atoms with Crippen LogP contribution in [0.15, 0.2) is 12.1 Å². The Kier molecular flexibility index (Phi) is 5.78. The Balaban J connectivity index is 2.93. The lowest BCUT2D eigenvalue weighted by Gasteiger charge is -2.15. The predicted octanol–water partition coefficient (Wildman–Crippen LogP) is 2.24. The molecule has 0 aliphatic heterocycles. The summed E-state index contributed by atoms with van der Waals surface area (Å²) in [7, 11) is 4.86. The third-order valence-electron chi connectivity index (χ3n) is 3.05. The van der Waals surface area contributed by atoms with E-state index in [0.717, 1.165) is 12.8 Å². The zero-order valence-corrected chi connectivity index (χ0v) is 11.7. The van der Waals surface area contributed by atoms with E-state index in [-0.39, 0.29) is 0 Å². The molecule has 1 aromatic carbocycles. The predicted molar refractivity (Wildman–Crippen MR) is 72.6 cm³/mol. The van der Waals surface area contributed by atoms with Crippen molar-refractivity contribution >= 4 is 0 Å². The van der Waals surface area contributed by atoms with Crippen LogP contribution in [0.1, 0.15) is 18.9 Å². The summed E-state index contributed by atoms with van der Waals surface area (Å²) in [5.41, 5.74) is 6.80. The molecule has 0 fully saturated rings. The van der Waals surface area contributed by atoms with E-state index in [4.69, 9.17) is 19.9 Å². The summed E-state index contributed by atoms with van der Waals surface area (Å²) >= 11 is 0. The molecule has 0 saturated carbocycles. The third-order valence-corrected chi connectivity index (χ3v) is 3.05. The number of ether oxygens (including phenoxy) is 3. The summed E-state index contributed by atoms with van der Waals surface area (Å²) < 4.78 is 15.9. The van der Waals surface area contributed by atoms with Crippen LogP contribution in [0.5, 0.6) is 17.2 Å². The second kappa shape index (κ2) is 7.11. The Morgan fingerprint density at radius 3 is 2.00 bits per heavy atom. The lowest BCUT2D eigenvalue weighted by atomic mass is 10.0. The number of hydrogen-bond acceptors (Lipinski definition) is 4. The summed E-state index contributed by atoms with van der Waals surface area (Å²) in [4.78, 5) is 0. The lowest BCUT2D eigenvalue weighted by molar-refractivity contribution is 0.323. The Hall–Kier alpha value is -1.42. The molecule has 4 heteroatoms. The fraction of sp³-hybridized carbons (Fsp3) is 0.571. The van der Waals surface area contributed by atoms with Gasteiger partial charge in [-0.1, -0.05) is 6.92 Å². The molecule has 0 heterocycles. The van der Waals surface area contributed by atoms with Crippen molar-refractivity contribution in [2.75, 3.05) is 27.9 Å². The molecule has 0 aliphatic carbocycles. The average molecular weight is 253 g/mol. The number of nitrogens with two attached hydrogens (primary N) is 1. The van der Waals surface area contributed by atoms with E-state index in [1.165, 1.54) is 5.56 Å². The van der Waals surface area contributed by atoms with E-state index in [2.05, 4.69) is 6.92 Å². The van der Waals surface area contributed by atoms with Gasteiger partial charge in [0.05, 0.1) is 21.3 Å². The van der Waals surface area contributed by atoms with E-state index in [1.54, 1.807) is 21.3 Å². The van der Waals surface area contributed by atoms with Gasteiger partial charge in [0.1, 0.15) is 0 Å². The lowest BCUT2D eigenvalue weighted by Crippen LogP contribution is -2.11. The minimum absolute atomic E-state index is 0.518. The van der Waals surface area contributed by atoms with Crippen LogP contribution in [0.3, 0.4) is 0 Å². The minimum Gasteiger partial charge on any atom is -0.493 e. The number of benzene rings is 1. The van der Waals surface area contributed by atoms with Gasteiger partial charge < -0.3 is 19.9 Å². The maximum atomic E-state index is 5.62. The van der Waals surface area contributed by atoms with Crippen LogP contribution >= 0.6 is 0 Å². The number of aryl methyl sites for hydroxylation is 1. The Labute approximate surface area is 109 Å². The summed E-state index contributed by atoms with van der Waals surface area (Å²) in [6, 6.07) is 3.98. The topological polar surface area (TPSA) is 53.7 Å². The highest BCUT2D eigenvalue weighted by Gasteiger charge is 2.13. The van der Waals surface area contributed by atoms with Crippen molar-refractivity contribution in [1.82, 2.24) is 0 Å². The van der Waals surface area contributed by atoms with E-state index in [9.17, 15) is 0 Å². The molecule has 1 aromatic rings. The van der Waals surface area contributed by atoms with Gasteiger partial charge >= 0.3 is 0 Å². The zero-order chi connectivity index (χ0) is 13.5. The molecule has 4 nitrogen and oxygen atoms in total. The fourth-order valence-electron chi connectivity index (χ4n) is 1.81. The number of rotatable bonds is 7. The molecule has 1 rings (SSSR count). The van der Waals surface area contributed by atoms with E-state index in [1.807, 2.05) is 12.1 Å². The van der Waals surface area contributed by atoms with Crippen LogP contribution in [-0.2, 0) is 6.42 Å². The summed E-state index contributed by atoms with van der Waals surface area (Å²) in [5, 5.41) is 0. The highest BCUT2D eigenvalue weighted by Crippen LogP contribution is 2.38. The van der Waals surface area contributed by atoms with E-state index in [0.29, 0.717) is 29.7 Å². The smallest absolute Gasteiger partial charge is 0.203 e. The van der Waals surface area contributed by atoms with Gasteiger partial charge in [-0.15, -0.1) is 0 Å². The molecule has 0 bridgehead atoms. The molecule has 0 spiro atoms. The average Bonchev–Trinajstić information content (AvgIpc) is 2.43. The first-order chi connectivity index (χ1) is 8.65. The Morgan fingerprint density at radius 1 is 1.06 bits per heavy atom. The summed E-state index contributed by atoms with van der Waals surface area (Å²) in [5.74, 6) is 2.55. The molecular weight excluding hydrogens is 230 g/mol. The van der Waals surface area contributed by atoms with Gasteiger partial charge in [0.25, 0.3) is 0 Å². The number of methoxy groups -OCH3 is 3. The zero-order valence-electron chi connectivity index (χ0n) is 11.7. The van der Waals surface area contributed by atoms with Crippen molar-refractivity contribution in [3.05, 3.63) is 17.7 Å². The van der Waals surface area contributed by atoms with Crippen LogP contribution in [0.25, 0.3) is 0 Å². The van der Waals surface area contributed by atoms with Gasteiger partial charge in [-0.25, -0.2) is 0 Å². The van der Waals surface area contributed by atoms with Crippen molar-refractivity contribution < 1.29 is 14.2 Å². The molecule has 102 valence electrons. The fourth-order valence-corrected chi connectivity index (χ4v) is 1.81. The van der Waals surface area contributed by atoms with Crippen molar-refractivity contribution in [3.63, 3.8) is 0 Å². The van der Waals surface area contributed by atoms with Crippen molar-refractivity contribution in [3.8, 4) is 17.2 Å². The molecule has 1 unspecified atom stereocenters. The highest BCUT2D eigenvalue weighted by molar-refractivity contribution is 5.53. The first kappa shape index (κ1) is 14.6. The van der Waals surface area contributed by atoms with Crippen LogP contribution < -0.4 is 19.9 Å². The van der Waals surface area contributed by atoms with Gasteiger partial charge in [-0.05, 0) is 43.0 Å². The summed E-state index contributed by atoms with van der Waals surface area (Å²) in [6.45, 7) is 2.86. The van der Waals surface area contributed by atoms with Crippen LogP contribution in [0.4, 0.5) is 0 Å². The van der Waals surface area contributed by atoms with Gasteiger partial charge in [-0.3, -0.25) is 0 Å². The Bertz CT molecular complexity index is 354. The van der Waals surface area contributed by atoms with Crippen molar-refractivity contribution in [1.29, 1.82) is 0 Å². The molecule has 2 N–H and O–H groups in total. The van der Waals surface area contributed by atoms with Gasteiger partial charge in [0.15, 0.2) is 11.5 Å². The highest BCUT2D eigenvalue weighted by atomic mass is 16.5. The van der Waals surface area contributed by atoms with Crippen LogP contribution in [0.2, 0.25) is 0 Å². The minimum atomic E-state index is 0.518. The Morgan fingerprint density at radius 2 is 1.61 bits per heavy atom. The second-order valence-electron chi connectivity index (χ2n) is 4.41. The molecule has 0 aliphatic rings. The standard InChI is InChI=1S/C14H23NO3/c1-10(9-15)5-6-11-7-12(16-2)14(18-4)13(8-11)17-3/h7-8,10H,5-6,9,15H2,1-4H3. The first-order valence-corrected chi connectivity index (χ1v) is 6.15. The first-order valence-electron chi connectivity index (χ1n) is 6.15. The van der Waals surface area contributed by atoms with Gasteiger partial charge in [-0.2, -0.15) is 0 Å².